The molecule has 0 saturated heterocycles. The van der Waals surface area contributed by atoms with Crippen LogP contribution in [0.5, 0.6) is 0 Å². The summed E-state index contributed by atoms with van der Waals surface area (Å²) < 4.78 is 1.44. The van der Waals surface area contributed by atoms with Crippen molar-refractivity contribution in [3.05, 3.63) is 57.8 Å². The summed E-state index contributed by atoms with van der Waals surface area (Å²) in [6.45, 7) is 0. The molecule has 2 amide bonds. The Morgan fingerprint density at radius 1 is 1.17 bits per heavy atom. The lowest BCUT2D eigenvalue weighted by atomic mass is 10.1. The molecular formula is C14H6ClN3O4S. The third-order valence-corrected chi connectivity index (χ3v) is 4.36. The molecule has 0 saturated carbocycles. The minimum Gasteiger partial charge on any atom is -0.322 e. The predicted molar refractivity (Wildman–Crippen MR) is 80.4 cm³/mol. The number of thiazole rings is 1. The molecule has 1 aromatic carbocycles. The molecule has 2 aromatic heterocycles. The normalized spacial score (nSPS) is 13.7. The topological polar surface area (TPSA) is 81.0 Å². The smallest absolute Gasteiger partial charge is 0.322 e. The lowest BCUT2D eigenvalue weighted by Gasteiger charge is -2.12. The second-order valence-electron chi connectivity index (χ2n) is 4.64. The highest BCUT2D eigenvalue weighted by Gasteiger charge is 2.39. The fraction of sp³-hybridized carbons (Fsp3) is 0. The number of carbonyl (C=O) groups excluding carboxylic acids is 3. The number of hydrogen-bond donors (Lipinski definition) is 0. The van der Waals surface area contributed by atoms with Crippen molar-refractivity contribution in [1.29, 1.82) is 0 Å². The van der Waals surface area contributed by atoms with Crippen molar-refractivity contribution in [2.24, 2.45) is 0 Å². The van der Waals surface area contributed by atoms with Gasteiger partial charge in [0.25, 0.3) is 11.8 Å². The van der Waals surface area contributed by atoms with Gasteiger partial charge < -0.3 is 4.84 Å². The third-order valence-electron chi connectivity index (χ3n) is 3.34. The van der Waals surface area contributed by atoms with Gasteiger partial charge in [-0.25, -0.2) is 9.78 Å². The minimum atomic E-state index is -0.935. The molecule has 1 aliphatic heterocycles. The molecule has 114 valence electrons. The Labute approximate surface area is 137 Å². The molecule has 1 aliphatic rings. The number of halogens is 1. The van der Waals surface area contributed by atoms with Crippen LogP contribution in [0.4, 0.5) is 0 Å². The van der Waals surface area contributed by atoms with Gasteiger partial charge in [-0.2, -0.15) is 0 Å². The fourth-order valence-electron chi connectivity index (χ4n) is 2.32. The van der Waals surface area contributed by atoms with Gasteiger partial charge in [0, 0.05) is 11.6 Å². The lowest BCUT2D eigenvalue weighted by Crippen LogP contribution is -2.33. The van der Waals surface area contributed by atoms with Crippen LogP contribution in [0.2, 0.25) is 5.15 Å². The Bertz CT molecular complexity index is 958. The van der Waals surface area contributed by atoms with E-state index in [1.54, 1.807) is 23.7 Å². The largest absolute Gasteiger partial charge is 0.383 e. The van der Waals surface area contributed by atoms with E-state index in [4.69, 9.17) is 16.4 Å². The second-order valence-corrected chi connectivity index (χ2v) is 5.87. The van der Waals surface area contributed by atoms with Gasteiger partial charge in [0.2, 0.25) is 0 Å². The Morgan fingerprint density at radius 2 is 1.83 bits per heavy atom. The SMILES string of the molecule is O=C(ON1C(=O)c2ccccc2C1=O)c1c(Cl)nc2sccn12. The molecule has 0 radical (unpaired) electrons. The van der Waals surface area contributed by atoms with Gasteiger partial charge >= 0.3 is 5.97 Å². The molecule has 0 atom stereocenters. The Balaban J connectivity index is 1.68. The number of amides is 2. The first-order valence-electron chi connectivity index (χ1n) is 6.39. The van der Waals surface area contributed by atoms with Gasteiger partial charge in [0.05, 0.1) is 11.1 Å². The van der Waals surface area contributed by atoms with E-state index < -0.39 is 17.8 Å². The number of imidazole rings is 1. The molecule has 3 heterocycles. The van der Waals surface area contributed by atoms with Crippen LogP contribution < -0.4 is 0 Å². The number of imide groups is 1. The van der Waals surface area contributed by atoms with Crippen molar-refractivity contribution < 1.29 is 19.2 Å². The number of hydroxylamine groups is 2. The van der Waals surface area contributed by atoms with E-state index in [-0.39, 0.29) is 22.0 Å². The molecule has 0 aliphatic carbocycles. The number of fused-ring (bicyclic) bond motifs is 2. The molecule has 7 nitrogen and oxygen atoms in total. The van der Waals surface area contributed by atoms with Crippen molar-refractivity contribution in [1.82, 2.24) is 14.4 Å². The lowest BCUT2D eigenvalue weighted by molar-refractivity contribution is -0.0589. The van der Waals surface area contributed by atoms with Crippen molar-refractivity contribution in [2.45, 2.75) is 0 Å². The van der Waals surface area contributed by atoms with E-state index in [2.05, 4.69) is 4.98 Å². The van der Waals surface area contributed by atoms with Crippen molar-refractivity contribution in [3.8, 4) is 0 Å². The Hall–Kier alpha value is -2.71. The molecule has 0 spiro atoms. The standard InChI is InChI=1S/C14H6ClN3O4S/c15-10-9(17-5-6-23-14(17)16-10)13(21)22-18-11(19)7-3-1-2-4-8(7)12(18)20/h1-6H. The number of hydrogen-bond acceptors (Lipinski definition) is 6. The maximum absolute atomic E-state index is 12.3. The van der Waals surface area contributed by atoms with Gasteiger partial charge in [-0.3, -0.25) is 14.0 Å². The maximum Gasteiger partial charge on any atom is 0.383 e. The summed E-state index contributed by atoms with van der Waals surface area (Å²) in [4.78, 5) is 46.2. The molecule has 0 unspecified atom stereocenters. The number of nitrogens with zero attached hydrogens (tertiary/aromatic N) is 3. The van der Waals surface area contributed by atoms with E-state index in [0.717, 1.165) is 0 Å². The van der Waals surface area contributed by atoms with Crippen LogP contribution in [0.3, 0.4) is 0 Å². The first kappa shape index (κ1) is 13.9. The van der Waals surface area contributed by atoms with Gasteiger partial charge in [-0.1, -0.05) is 28.8 Å². The van der Waals surface area contributed by atoms with Gasteiger partial charge in [0.1, 0.15) is 0 Å². The maximum atomic E-state index is 12.3. The molecular weight excluding hydrogens is 342 g/mol. The fourth-order valence-corrected chi connectivity index (χ4v) is 3.33. The summed E-state index contributed by atoms with van der Waals surface area (Å²) in [5, 5.41) is 2.10. The van der Waals surface area contributed by atoms with E-state index >= 15 is 0 Å². The zero-order valence-corrected chi connectivity index (χ0v) is 12.8. The van der Waals surface area contributed by atoms with Crippen LogP contribution in [0.25, 0.3) is 4.96 Å². The van der Waals surface area contributed by atoms with Gasteiger partial charge in [-0.15, -0.1) is 11.3 Å². The van der Waals surface area contributed by atoms with Crippen molar-refractivity contribution in [3.63, 3.8) is 0 Å². The monoisotopic (exact) mass is 347 g/mol. The molecule has 23 heavy (non-hydrogen) atoms. The average Bonchev–Trinajstić information content (AvgIpc) is 3.16. The van der Waals surface area contributed by atoms with Crippen LogP contribution in [0.1, 0.15) is 31.2 Å². The van der Waals surface area contributed by atoms with Crippen LogP contribution >= 0.6 is 22.9 Å². The summed E-state index contributed by atoms with van der Waals surface area (Å²) in [7, 11) is 0. The summed E-state index contributed by atoms with van der Waals surface area (Å²) in [5.41, 5.74) is 0.329. The van der Waals surface area contributed by atoms with E-state index in [9.17, 15) is 14.4 Å². The molecule has 0 N–H and O–H groups in total. The molecule has 4 rings (SSSR count). The summed E-state index contributed by atoms with van der Waals surface area (Å²) in [5.74, 6) is -2.32. The number of carbonyl (C=O) groups is 3. The number of aromatic nitrogens is 2. The van der Waals surface area contributed by atoms with E-state index in [1.807, 2.05) is 0 Å². The third kappa shape index (κ3) is 1.96. The summed E-state index contributed by atoms with van der Waals surface area (Å²) in [6.07, 6.45) is 1.60. The van der Waals surface area contributed by atoms with E-state index in [1.165, 1.54) is 27.9 Å². The average molecular weight is 348 g/mol. The second kappa shape index (κ2) is 4.90. The summed E-state index contributed by atoms with van der Waals surface area (Å²) in [6, 6.07) is 6.23. The van der Waals surface area contributed by atoms with Crippen LogP contribution in [0.15, 0.2) is 35.8 Å². The highest BCUT2D eigenvalue weighted by atomic mass is 35.5. The molecule has 0 bridgehead atoms. The zero-order valence-electron chi connectivity index (χ0n) is 11.2. The van der Waals surface area contributed by atoms with Crippen molar-refractivity contribution in [2.75, 3.05) is 0 Å². The Morgan fingerprint density at radius 3 is 2.48 bits per heavy atom. The first-order chi connectivity index (χ1) is 11.1. The van der Waals surface area contributed by atoms with Crippen LogP contribution in [0, 0.1) is 0 Å². The molecule has 0 fully saturated rings. The van der Waals surface area contributed by atoms with Crippen LogP contribution in [-0.2, 0) is 4.84 Å². The quantitative estimate of drug-likeness (QED) is 0.665. The van der Waals surface area contributed by atoms with Crippen LogP contribution in [-0.4, -0.2) is 32.2 Å². The zero-order chi connectivity index (χ0) is 16.1. The number of benzene rings is 1. The summed E-state index contributed by atoms with van der Waals surface area (Å²) >= 11 is 7.22. The highest BCUT2D eigenvalue weighted by Crippen LogP contribution is 2.26. The van der Waals surface area contributed by atoms with Gasteiger partial charge in [0.15, 0.2) is 15.8 Å². The Kier molecular flexibility index (Phi) is 2.97. The van der Waals surface area contributed by atoms with Crippen molar-refractivity contribution >= 4 is 45.7 Å². The highest BCUT2D eigenvalue weighted by molar-refractivity contribution is 7.15. The minimum absolute atomic E-state index is 0.0422. The van der Waals surface area contributed by atoms with E-state index in [0.29, 0.717) is 10.0 Å². The molecule has 3 aromatic rings. The predicted octanol–water partition coefficient (Wildman–Crippen LogP) is 2.42. The number of rotatable bonds is 2. The molecule has 9 heteroatoms. The van der Waals surface area contributed by atoms with Gasteiger partial charge in [-0.05, 0) is 12.1 Å². The first-order valence-corrected chi connectivity index (χ1v) is 7.65.